The summed E-state index contributed by atoms with van der Waals surface area (Å²) in [7, 11) is 1.86. The van der Waals surface area contributed by atoms with Crippen LogP contribution in [0.25, 0.3) is 10.9 Å². The number of hydrogen-bond donors (Lipinski definition) is 2. The molecule has 154 valence electrons. The van der Waals surface area contributed by atoms with E-state index in [0.29, 0.717) is 0 Å². The molecule has 1 aromatic carbocycles. The molecule has 2 N–H and O–H groups in total. The number of aromatic amines is 1. The number of fused-ring (bicyclic) bond motifs is 1. The Balaban J connectivity index is 0.00000225. The molecule has 3 heterocycles. The van der Waals surface area contributed by atoms with Crippen molar-refractivity contribution in [2.75, 3.05) is 39.9 Å². The highest BCUT2D eigenvalue weighted by atomic mass is 127. The maximum Gasteiger partial charge on any atom is 0.193 e. The Morgan fingerprint density at radius 2 is 2.11 bits per heavy atom. The summed E-state index contributed by atoms with van der Waals surface area (Å²) in [5, 5.41) is 4.86. The number of aryl methyl sites for hydroxylation is 1. The Kier molecular flexibility index (Phi) is 7.99. The third kappa shape index (κ3) is 4.99. The minimum absolute atomic E-state index is 0. The van der Waals surface area contributed by atoms with Crippen molar-refractivity contribution in [3.63, 3.8) is 0 Å². The summed E-state index contributed by atoms with van der Waals surface area (Å²) >= 11 is 0. The highest BCUT2D eigenvalue weighted by Gasteiger charge is 2.32. The predicted molar refractivity (Wildman–Crippen MR) is 124 cm³/mol. The quantitative estimate of drug-likeness (QED) is 0.288. The van der Waals surface area contributed by atoms with Crippen molar-refractivity contribution >= 4 is 40.8 Å². The lowest BCUT2D eigenvalue weighted by Gasteiger charge is -2.37. The van der Waals surface area contributed by atoms with E-state index < -0.39 is 0 Å². The van der Waals surface area contributed by atoms with Crippen LogP contribution < -0.4 is 5.32 Å². The van der Waals surface area contributed by atoms with Gasteiger partial charge >= 0.3 is 0 Å². The number of aromatic nitrogens is 1. The molecular weight excluding hydrogens is 467 g/mol. The Hall–Kier alpha value is -1.32. The zero-order valence-corrected chi connectivity index (χ0v) is 18.9. The molecule has 0 aliphatic carbocycles. The monoisotopic (exact) mass is 498 g/mol. The number of rotatable bonds is 5. The molecule has 28 heavy (non-hydrogen) atoms. The molecule has 2 saturated heterocycles. The molecule has 1 aromatic heterocycles. The number of morpholine rings is 1. The first-order valence-electron chi connectivity index (χ1n) is 10.1. The number of ether oxygens (including phenoxy) is 2. The van der Waals surface area contributed by atoms with Crippen molar-refractivity contribution in [2.45, 2.75) is 37.9 Å². The van der Waals surface area contributed by atoms with Crippen LogP contribution in [-0.2, 0) is 15.9 Å². The lowest BCUT2D eigenvalue weighted by molar-refractivity contribution is -0.0816. The molecule has 2 aliphatic rings. The third-order valence-corrected chi connectivity index (χ3v) is 5.57. The fraction of sp³-hybridized carbons (Fsp3) is 0.571. The zero-order valence-electron chi connectivity index (χ0n) is 16.5. The van der Waals surface area contributed by atoms with Crippen molar-refractivity contribution in [3.05, 3.63) is 36.0 Å². The fourth-order valence-corrected chi connectivity index (χ4v) is 4.14. The summed E-state index contributed by atoms with van der Waals surface area (Å²) in [6.07, 6.45) is 6.91. The molecule has 0 spiro atoms. The molecule has 0 bridgehead atoms. The zero-order chi connectivity index (χ0) is 18.5. The second-order valence-electron chi connectivity index (χ2n) is 7.34. The largest absolute Gasteiger partial charge is 0.375 e. The maximum absolute atomic E-state index is 5.95. The molecule has 6 nitrogen and oxygen atoms in total. The number of guanidine groups is 1. The van der Waals surface area contributed by atoms with Gasteiger partial charge < -0.3 is 24.7 Å². The summed E-state index contributed by atoms with van der Waals surface area (Å²) in [6.45, 7) is 4.25. The Labute approximate surface area is 184 Å². The van der Waals surface area contributed by atoms with Crippen LogP contribution in [0.2, 0.25) is 0 Å². The van der Waals surface area contributed by atoms with Crippen molar-refractivity contribution in [1.82, 2.24) is 15.2 Å². The number of nitrogens with one attached hydrogen (secondary N) is 2. The smallest absolute Gasteiger partial charge is 0.193 e. The maximum atomic E-state index is 5.95. The Bertz CT molecular complexity index is 773. The van der Waals surface area contributed by atoms with Gasteiger partial charge in [0.05, 0.1) is 12.7 Å². The number of para-hydroxylation sites is 1. The van der Waals surface area contributed by atoms with E-state index in [4.69, 9.17) is 9.47 Å². The summed E-state index contributed by atoms with van der Waals surface area (Å²) < 4.78 is 11.8. The van der Waals surface area contributed by atoms with Crippen LogP contribution in [0.1, 0.15) is 24.8 Å². The number of nitrogens with zero attached hydrogens (tertiary/aromatic N) is 2. The molecular formula is C21H31IN4O2. The number of halogens is 1. The van der Waals surface area contributed by atoms with Gasteiger partial charge in [-0.3, -0.25) is 4.99 Å². The van der Waals surface area contributed by atoms with E-state index in [1.807, 2.05) is 7.05 Å². The highest BCUT2D eigenvalue weighted by molar-refractivity contribution is 14.0. The Morgan fingerprint density at radius 1 is 1.25 bits per heavy atom. The first-order chi connectivity index (χ1) is 13.3. The van der Waals surface area contributed by atoms with Gasteiger partial charge in [0, 0.05) is 50.4 Å². The molecule has 4 rings (SSSR count). The topological polar surface area (TPSA) is 61.9 Å². The van der Waals surface area contributed by atoms with Crippen molar-refractivity contribution < 1.29 is 9.47 Å². The van der Waals surface area contributed by atoms with E-state index in [2.05, 4.69) is 50.7 Å². The SMILES string of the molecule is CN=C(NCCCc1c[nH]c2ccccc12)N1CCOC(C2CCCO2)C1.I. The standard InChI is InChI=1S/C21H30N4O2.HI/c1-22-21(25-11-13-27-20(15-25)19-9-5-12-26-19)23-10-4-6-16-14-24-18-8-3-2-7-17(16)18;/h2-3,7-8,14,19-20,24H,4-6,9-13,15H2,1H3,(H,22,23);1H. The van der Waals surface area contributed by atoms with Crippen LogP contribution in [-0.4, -0.2) is 67.9 Å². The van der Waals surface area contributed by atoms with Crippen molar-refractivity contribution in [3.8, 4) is 0 Å². The summed E-state index contributed by atoms with van der Waals surface area (Å²) in [6, 6.07) is 8.48. The lowest BCUT2D eigenvalue weighted by atomic mass is 10.1. The van der Waals surface area contributed by atoms with Gasteiger partial charge in [0.1, 0.15) is 6.10 Å². The molecule has 2 aliphatic heterocycles. The second kappa shape index (κ2) is 10.5. The van der Waals surface area contributed by atoms with Crippen LogP contribution in [0, 0.1) is 0 Å². The van der Waals surface area contributed by atoms with E-state index in [0.717, 1.165) is 64.5 Å². The number of H-pyrrole nitrogens is 1. The first kappa shape index (κ1) is 21.4. The minimum Gasteiger partial charge on any atom is -0.375 e. The van der Waals surface area contributed by atoms with Gasteiger partial charge in [-0.1, -0.05) is 18.2 Å². The van der Waals surface area contributed by atoms with Crippen LogP contribution >= 0.6 is 24.0 Å². The Morgan fingerprint density at radius 3 is 2.93 bits per heavy atom. The van der Waals surface area contributed by atoms with Crippen LogP contribution in [0.4, 0.5) is 0 Å². The van der Waals surface area contributed by atoms with E-state index in [1.54, 1.807) is 0 Å². The fourth-order valence-electron chi connectivity index (χ4n) is 4.14. The van der Waals surface area contributed by atoms with Gasteiger partial charge in [0.15, 0.2) is 5.96 Å². The van der Waals surface area contributed by atoms with Gasteiger partial charge in [-0.2, -0.15) is 0 Å². The molecule has 0 amide bonds. The molecule has 2 atom stereocenters. The average molecular weight is 498 g/mol. The highest BCUT2D eigenvalue weighted by Crippen LogP contribution is 2.21. The molecule has 2 aromatic rings. The third-order valence-electron chi connectivity index (χ3n) is 5.57. The minimum atomic E-state index is 0. The van der Waals surface area contributed by atoms with Gasteiger partial charge in [0.2, 0.25) is 0 Å². The van der Waals surface area contributed by atoms with Crippen molar-refractivity contribution in [2.24, 2.45) is 4.99 Å². The lowest BCUT2D eigenvalue weighted by Crippen LogP contribution is -2.53. The molecule has 0 radical (unpaired) electrons. The summed E-state index contributed by atoms with van der Waals surface area (Å²) in [5.74, 6) is 0.972. The normalized spacial score (nSPS) is 23.0. The predicted octanol–water partition coefficient (Wildman–Crippen LogP) is 3.17. The van der Waals surface area contributed by atoms with Gasteiger partial charge in [-0.05, 0) is 37.3 Å². The van der Waals surface area contributed by atoms with E-state index >= 15 is 0 Å². The molecule has 2 unspecified atom stereocenters. The van der Waals surface area contributed by atoms with Gasteiger partial charge in [-0.15, -0.1) is 24.0 Å². The first-order valence-corrected chi connectivity index (χ1v) is 10.1. The number of aliphatic imine (C=N–C) groups is 1. The molecule has 7 heteroatoms. The van der Waals surface area contributed by atoms with E-state index in [1.165, 1.54) is 16.5 Å². The van der Waals surface area contributed by atoms with Crippen LogP contribution in [0.5, 0.6) is 0 Å². The van der Waals surface area contributed by atoms with E-state index in [-0.39, 0.29) is 36.2 Å². The molecule has 0 saturated carbocycles. The second-order valence-corrected chi connectivity index (χ2v) is 7.34. The average Bonchev–Trinajstić information content (AvgIpc) is 3.39. The summed E-state index contributed by atoms with van der Waals surface area (Å²) in [5.41, 5.74) is 2.59. The molecule has 2 fully saturated rings. The summed E-state index contributed by atoms with van der Waals surface area (Å²) in [4.78, 5) is 10.1. The number of benzene rings is 1. The number of hydrogen-bond acceptors (Lipinski definition) is 3. The van der Waals surface area contributed by atoms with Crippen molar-refractivity contribution in [1.29, 1.82) is 0 Å². The van der Waals surface area contributed by atoms with Crippen LogP contribution in [0.15, 0.2) is 35.5 Å². The van der Waals surface area contributed by atoms with Gasteiger partial charge in [-0.25, -0.2) is 0 Å². The van der Waals surface area contributed by atoms with Crippen LogP contribution in [0.3, 0.4) is 0 Å². The van der Waals surface area contributed by atoms with Gasteiger partial charge in [0.25, 0.3) is 0 Å². The van der Waals surface area contributed by atoms with E-state index in [9.17, 15) is 0 Å².